The molecular weight excluding hydrogens is 313 g/mol. The fraction of sp³-hybridized carbons (Fsp3) is 0.429. The van der Waals surface area contributed by atoms with Gasteiger partial charge in [0.25, 0.3) is 5.91 Å². The number of sulfone groups is 1. The molecule has 1 aromatic rings. The second-order valence-corrected chi connectivity index (χ2v) is 7.42. The molecule has 0 aliphatic carbocycles. The van der Waals surface area contributed by atoms with Crippen LogP contribution in [0.3, 0.4) is 0 Å². The number of halogens is 1. The van der Waals surface area contributed by atoms with Crippen molar-refractivity contribution in [3.05, 3.63) is 30.1 Å². The summed E-state index contributed by atoms with van der Waals surface area (Å²) in [4.78, 5) is 23.1. The van der Waals surface area contributed by atoms with Gasteiger partial charge in [-0.1, -0.05) is 0 Å². The molecule has 1 aliphatic heterocycles. The molecule has 0 unspecified atom stereocenters. The standard InChI is InChI=1S/C14H16FNO5S/c15-11-1-3-12(4-2-11)16-13(17)8-21-14(18)7-10-5-6-22(19,20)9-10/h1-4,10H,5-9H2,(H,16,17)/t10-/m1/s1. The first-order valence-electron chi connectivity index (χ1n) is 6.75. The van der Waals surface area contributed by atoms with Gasteiger partial charge in [-0.15, -0.1) is 0 Å². The minimum Gasteiger partial charge on any atom is -0.456 e. The molecule has 0 bridgehead atoms. The zero-order valence-electron chi connectivity index (χ0n) is 11.7. The molecular formula is C14H16FNO5S. The topological polar surface area (TPSA) is 89.5 Å². The van der Waals surface area contributed by atoms with Gasteiger partial charge in [-0.2, -0.15) is 0 Å². The Morgan fingerprint density at radius 2 is 1.95 bits per heavy atom. The van der Waals surface area contributed by atoms with Crippen molar-refractivity contribution < 1.29 is 27.1 Å². The number of anilines is 1. The molecule has 0 radical (unpaired) electrons. The molecule has 1 aliphatic rings. The second-order valence-electron chi connectivity index (χ2n) is 5.19. The van der Waals surface area contributed by atoms with E-state index in [-0.39, 0.29) is 23.8 Å². The van der Waals surface area contributed by atoms with Gasteiger partial charge in [-0.3, -0.25) is 9.59 Å². The monoisotopic (exact) mass is 329 g/mol. The third-order valence-electron chi connectivity index (χ3n) is 3.27. The van der Waals surface area contributed by atoms with Crippen molar-refractivity contribution in [3.63, 3.8) is 0 Å². The van der Waals surface area contributed by atoms with Crippen LogP contribution >= 0.6 is 0 Å². The molecule has 0 saturated carbocycles. The van der Waals surface area contributed by atoms with E-state index in [0.717, 1.165) is 0 Å². The molecule has 0 aromatic heterocycles. The molecule has 22 heavy (non-hydrogen) atoms. The lowest BCUT2D eigenvalue weighted by atomic mass is 10.1. The minimum absolute atomic E-state index is 0.0100. The second kappa shape index (κ2) is 6.87. The van der Waals surface area contributed by atoms with Crippen LogP contribution in [-0.2, 0) is 24.2 Å². The molecule has 1 N–H and O–H groups in total. The molecule has 1 heterocycles. The number of benzene rings is 1. The van der Waals surface area contributed by atoms with Gasteiger partial charge in [0.2, 0.25) is 0 Å². The van der Waals surface area contributed by atoms with Crippen LogP contribution in [0.4, 0.5) is 10.1 Å². The normalized spacial score (nSPS) is 19.6. The van der Waals surface area contributed by atoms with Crippen molar-refractivity contribution in [2.45, 2.75) is 12.8 Å². The first-order chi connectivity index (χ1) is 10.3. The number of ether oxygens (including phenoxy) is 1. The van der Waals surface area contributed by atoms with E-state index in [9.17, 15) is 22.4 Å². The molecule has 1 saturated heterocycles. The Morgan fingerprint density at radius 3 is 2.55 bits per heavy atom. The molecule has 1 fully saturated rings. The Labute approximate surface area is 127 Å². The number of nitrogens with one attached hydrogen (secondary N) is 1. The number of esters is 1. The van der Waals surface area contributed by atoms with Crippen LogP contribution < -0.4 is 5.32 Å². The third kappa shape index (κ3) is 5.10. The number of carbonyl (C=O) groups is 2. The molecule has 8 heteroatoms. The molecule has 1 amide bonds. The van der Waals surface area contributed by atoms with Crippen molar-refractivity contribution >= 4 is 27.4 Å². The van der Waals surface area contributed by atoms with E-state index in [1.807, 2.05) is 0 Å². The number of hydrogen-bond acceptors (Lipinski definition) is 5. The van der Waals surface area contributed by atoms with Crippen molar-refractivity contribution in [1.82, 2.24) is 0 Å². The third-order valence-corrected chi connectivity index (χ3v) is 5.11. The van der Waals surface area contributed by atoms with Crippen LogP contribution in [-0.4, -0.2) is 38.4 Å². The highest BCUT2D eigenvalue weighted by molar-refractivity contribution is 7.91. The SMILES string of the molecule is O=C(COC(=O)C[C@H]1CCS(=O)(=O)C1)Nc1ccc(F)cc1. The molecule has 0 spiro atoms. The summed E-state index contributed by atoms with van der Waals surface area (Å²) < 4.78 is 40.1. The van der Waals surface area contributed by atoms with Crippen LogP contribution in [0.5, 0.6) is 0 Å². The Morgan fingerprint density at radius 1 is 1.27 bits per heavy atom. The maximum Gasteiger partial charge on any atom is 0.306 e. The summed E-state index contributed by atoms with van der Waals surface area (Å²) in [7, 11) is -3.03. The Balaban J connectivity index is 1.72. The predicted molar refractivity (Wildman–Crippen MR) is 77.4 cm³/mol. The highest BCUT2D eigenvalue weighted by Crippen LogP contribution is 2.21. The van der Waals surface area contributed by atoms with Gasteiger partial charge < -0.3 is 10.1 Å². The van der Waals surface area contributed by atoms with Crippen LogP contribution in [0, 0.1) is 11.7 Å². The van der Waals surface area contributed by atoms with Gasteiger partial charge in [-0.05, 0) is 36.6 Å². The summed E-state index contributed by atoms with van der Waals surface area (Å²) in [5.74, 6) is -1.72. The van der Waals surface area contributed by atoms with E-state index < -0.39 is 34.1 Å². The average molecular weight is 329 g/mol. The van der Waals surface area contributed by atoms with Crippen LogP contribution in [0.25, 0.3) is 0 Å². The van der Waals surface area contributed by atoms with Crippen molar-refractivity contribution in [1.29, 1.82) is 0 Å². The van der Waals surface area contributed by atoms with Gasteiger partial charge in [0.1, 0.15) is 5.82 Å². The Kier molecular flexibility index (Phi) is 5.12. The van der Waals surface area contributed by atoms with Gasteiger partial charge in [0.05, 0.1) is 11.5 Å². The Bertz CT molecular complexity index is 656. The average Bonchev–Trinajstić information content (AvgIpc) is 2.78. The highest BCUT2D eigenvalue weighted by atomic mass is 32.2. The summed E-state index contributed by atoms with van der Waals surface area (Å²) in [6.07, 6.45) is 0.433. The van der Waals surface area contributed by atoms with E-state index in [0.29, 0.717) is 12.1 Å². The quantitative estimate of drug-likeness (QED) is 0.818. The molecule has 1 aromatic carbocycles. The molecule has 6 nitrogen and oxygen atoms in total. The van der Waals surface area contributed by atoms with E-state index in [1.54, 1.807) is 0 Å². The van der Waals surface area contributed by atoms with Crippen LogP contribution in [0.1, 0.15) is 12.8 Å². The number of rotatable bonds is 5. The van der Waals surface area contributed by atoms with E-state index >= 15 is 0 Å². The van der Waals surface area contributed by atoms with E-state index in [4.69, 9.17) is 4.74 Å². The van der Waals surface area contributed by atoms with E-state index in [2.05, 4.69) is 5.32 Å². The van der Waals surface area contributed by atoms with Gasteiger partial charge in [-0.25, -0.2) is 12.8 Å². The Hall–Kier alpha value is -1.96. The molecule has 1 atom stereocenters. The minimum atomic E-state index is -3.03. The van der Waals surface area contributed by atoms with Gasteiger partial charge >= 0.3 is 5.97 Å². The number of amides is 1. The van der Waals surface area contributed by atoms with Gasteiger partial charge in [0.15, 0.2) is 16.4 Å². The first-order valence-corrected chi connectivity index (χ1v) is 8.58. The summed E-state index contributed by atoms with van der Waals surface area (Å²) in [6.45, 7) is -0.463. The van der Waals surface area contributed by atoms with Crippen molar-refractivity contribution in [2.75, 3.05) is 23.4 Å². The smallest absolute Gasteiger partial charge is 0.306 e. The fourth-order valence-electron chi connectivity index (χ4n) is 2.20. The lowest BCUT2D eigenvalue weighted by molar-refractivity contribution is -0.148. The highest BCUT2D eigenvalue weighted by Gasteiger charge is 2.29. The zero-order chi connectivity index (χ0) is 16.2. The van der Waals surface area contributed by atoms with Crippen molar-refractivity contribution in [2.24, 2.45) is 5.92 Å². The van der Waals surface area contributed by atoms with Crippen LogP contribution in [0.2, 0.25) is 0 Å². The zero-order valence-corrected chi connectivity index (χ0v) is 12.6. The number of carbonyl (C=O) groups excluding carboxylic acids is 2. The molecule has 2 rings (SSSR count). The lowest BCUT2D eigenvalue weighted by Crippen LogP contribution is -2.22. The van der Waals surface area contributed by atoms with E-state index in [1.165, 1.54) is 24.3 Å². The summed E-state index contributed by atoms with van der Waals surface area (Å²) in [5, 5.41) is 2.45. The van der Waals surface area contributed by atoms with Crippen LogP contribution in [0.15, 0.2) is 24.3 Å². The number of hydrogen-bond donors (Lipinski definition) is 1. The first kappa shape index (κ1) is 16.4. The largest absolute Gasteiger partial charge is 0.456 e. The fourth-order valence-corrected chi connectivity index (χ4v) is 4.07. The van der Waals surface area contributed by atoms with Crippen molar-refractivity contribution in [3.8, 4) is 0 Å². The summed E-state index contributed by atoms with van der Waals surface area (Å²) >= 11 is 0. The summed E-state index contributed by atoms with van der Waals surface area (Å²) in [5.41, 5.74) is 0.393. The molecule has 120 valence electrons. The van der Waals surface area contributed by atoms with Gasteiger partial charge in [0, 0.05) is 12.1 Å². The maximum absolute atomic E-state index is 12.7. The lowest BCUT2D eigenvalue weighted by Gasteiger charge is -2.08. The summed E-state index contributed by atoms with van der Waals surface area (Å²) in [6, 6.07) is 5.17. The predicted octanol–water partition coefficient (Wildman–Crippen LogP) is 1.13. The maximum atomic E-state index is 12.7.